The lowest BCUT2D eigenvalue weighted by molar-refractivity contribution is 0.1000. The Kier molecular flexibility index (Phi) is 4.63. The van der Waals surface area contributed by atoms with Crippen LogP contribution in [0.1, 0.15) is 15.9 Å². The van der Waals surface area contributed by atoms with Crippen molar-refractivity contribution in [1.82, 2.24) is 4.72 Å². The fourth-order valence-corrected chi connectivity index (χ4v) is 3.69. The first-order chi connectivity index (χ1) is 11.5. The van der Waals surface area contributed by atoms with Gasteiger partial charge in [-0.05, 0) is 29.8 Å². The van der Waals surface area contributed by atoms with Crippen molar-refractivity contribution >= 4 is 22.4 Å². The van der Waals surface area contributed by atoms with Gasteiger partial charge in [-0.15, -0.1) is 10.8 Å². The van der Waals surface area contributed by atoms with Crippen LogP contribution in [0.4, 0.5) is 5.69 Å². The van der Waals surface area contributed by atoms with Crippen LogP contribution in [0.15, 0.2) is 47.4 Å². The van der Waals surface area contributed by atoms with Crippen molar-refractivity contribution in [3.63, 3.8) is 0 Å². The average Bonchev–Trinajstić information content (AvgIpc) is 2.71. The summed E-state index contributed by atoms with van der Waals surface area (Å²) < 4.78 is 28.8. The van der Waals surface area contributed by atoms with Gasteiger partial charge in [0.1, 0.15) is 17.3 Å². The second-order valence-electron chi connectivity index (χ2n) is 5.38. The van der Waals surface area contributed by atoms with Crippen molar-refractivity contribution in [3.8, 4) is 5.75 Å². The first-order valence-electron chi connectivity index (χ1n) is 7.38. The van der Waals surface area contributed by atoms with Crippen molar-refractivity contribution in [2.75, 3.05) is 18.4 Å². The molecule has 0 aliphatic carbocycles. The summed E-state index contributed by atoms with van der Waals surface area (Å²) in [5, 5.41) is 3.13. The maximum Gasteiger partial charge on any atom is 0.248 e. The van der Waals surface area contributed by atoms with Gasteiger partial charge in [-0.3, -0.25) is 13.9 Å². The molecule has 0 saturated carbocycles. The normalized spacial score (nSPS) is 17.1. The Morgan fingerprint density at radius 2 is 2.04 bits per heavy atom. The van der Waals surface area contributed by atoms with Gasteiger partial charge in [-0.25, -0.2) is 4.72 Å². The summed E-state index contributed by atoms with van der Waals surface area (Å²) >= 11 is 0. The third-order valence-electron chi connectivity index (χ3n) is 3.62. The number of fused-ring (bicyclic) bond motifs is 1. The molecule has 24 heavy (non-hydrogen) atoms. The zero-order valence-corrected chi connectivity index (χ0v) is 13.7. The molecule has 8 heteroatoms. The van der Waals surface area contributed by atoms with Crippen LogP contribution in [0.2, 0.25) is 0 Å². The van der Waals surface area contributed by atoms with Gasteiger partial charge in [0.25, 0.3) is 0 Å². The maximum absolute atomic E-state index is 11.2. The van der Waals surface area contributed by atoms with Gasteiger partial charge < -0.3 is 15.8 Å². The van der Waals surface area contributed by atoms with E-state index in [-0.39, 0.29) is 6.61 Å². The number of ether oxygens (including phenoxy) is 1. The molecule has 2 aromatic rings. The number of benzene rings is 2. The summed E-state index contributed by atoms with van der Waals surface area (Å²) in [5.74, 6) is 0.0108. The van der Waals surface area contributed by atoms with Crippen LogP contribution >= 0.6 is 10.8 Å². The largest absolute Gasteiger partial charge is 0.489 e. The molecule has 1 aliphatic rings. The summed E-state index contributed by atoms with van der Waals surface area (Å²) in [6.45, 7) is 1.29. The van der Waals surface area contributed by atoms with Crippen LogP contribution in [-0.4, -0.2) is 28.1 Å². The maximum atomic E-state index is 11.2. The molecule has 6 N–H and O–H groups in total. The lowest BCUT2D eigenvalue weighted by atomic mass is 10.1. The minimum Gasteiger partial charge on any atom is -0.489 e. The van der Waals surface area contributed by atoms with E-state index in [2.05, 4.69) is 10.0 Å². The van der Waals surface area contributed by atoms with E-state index >= 15 is 0 Å². The van der Waals surface area contributed by atoms with Crippen LogP contribution < -0.4 is 20.5 Å². The number of rotatable bonds is 4. The Hall–Kier alpha value is -2.26. The summed E-state index contributed by atoms with van der Waals surface area (Å²) in [5.41, 5.74) is 7.15. The molecule has 0 aromatic heterocycles. The molecule has 3 rings (SSSR count). The average molecular weight is 349 g/mol. The predicted octanol–water partition coefficient (Wildman–Crippen LogP) is 2.40. The second-order valence-corrected chi connectivity index (χ2v) is 7.21. The zero-order valence-electron chi connectivity index (χ0n) is 12.9. The number of anilines is 1. The van der Waals surface area contributed by atoms with E-state index in [9.17, 15) is 13.9 Å². The highest BCUT2D eigenvalue weighted by atomic mass is 32.3. The number of hydrogen-bond acceptors (Lipinski definition) is 6. The number of amides is 1. The van der Waals surface area contributed by atoms with E-state index in [1.807, 2.05) is 6.07 Å². The number of carbonyl (C=O) groups is 1. The zero-order chi connectivity index (χ0) is 17.2. The molecule has 128 valence electrons. The number of hydrogen-bond donors (Lipinski definition) is 5. The van der Waals surface area contributed by atoms with Gasteiger partial charge in [-0.2, -0.15) is 0 Å². The van der Waals surface area contributed by atoms with E-state index in [0.717, 1.165) is 5.56 Å². The summed E-state index contributed by atoms with van der Waals surface area (Å²) in [6, 6.07) is 12.0. The Bertz CT molecular complexity index is 767. The van der Waals surface area contributed by atoms with Crippen molar-refractivity contribution < 1.29 is 18.6 Å². The van der Waals surface area contributed by atoms with Crippen LogP contribution in [0.3, 0.4) is 0 Å². The van der Waals surface area contributed by atoms with Crippen LogP contribution in [0.5, 0.6) is 5.75 Å². The van der Waals surface area contributed by atoms with Crippen molar-refractivity contribution in [1.29, 1.82) is 0 Å². The lowest BCUT2D eigenvalue weighted by Gasteiger charge is -2.32. The fraction of sp³-hybridized carbons (Fsp3) is 0.188. The summed E-state index contributed by atoms with van der Waals surface area (Å²) in [6.07, 6.45) is 0. The van der Waals surface area contributed by atoms with Gasteiger partial charge >= 0.3 is 0 Å². The molecule has 0 saturated heterocycles. The predicted molar refractivity (Wildman–Crippen MR) is 93.3 cm³/mol. The van der Waals surface area contributed by atoms with Crippen molar-refractivity contribution in [3.05, 3.63) is 53.6 Å². The summed E-state index contributed by atoms with van der Waals surface area (Å²) in [4.78, 5) is 11.6. The third-order valence-corrected chi connectivity index (χ3v) is 5.18. The molecule has 0 atom stereocenters. The molecular weight excluding hydrogens is 330 g/mol. The molecule has 2 aromatic carbocycles. The van der Waals surface area contributed by atoms with Gasteiger partial charge in [0, 0.05) is 24.7 Å². The number of primary amides is 1. The minimum absolute atomic E-state index is 0.236. The highest BCUT2D eigenvalue weighted by molar-refractivity contribution is 8.22. The number of nitrogens with two attached hydrogens (primary N) is 1. The van der Waals surface area contributed by atoms with Crippen LogP contribution in [-0.2, 0) is 6.61 Å². The topological polar surface area (TPSA) is 117 Å². The molecule has 0 bridgehead atoms. The molecule has 1 heterocycles. The SMILES string of the molecule is NC(=O)c1cccc(COc2ccc3c(c2)S(O)(O)NCCN3)c1. The van der Waals surface area contributed by atoms with E-state index < -0.39 is 16.7 Å². The molecule has 0 radical (unpaired) electrons. The molecular formula is C16H19N3O4S. The molecule has 0 unspecified atom stereocenters. The van der Waals surface area contributed by atoms with Gasteiger partial charge in [0.2, 0.25) is 5.91 Å². The number of nitrogens with one attached hydrogen (secondary N) is 2. The van der Waals surface area contributed by atoms with Crippen LogP contribution in [0, 0.1) is 0 Å². The second kappa shape index (κ2) is 6.70. The smallest absolute Gasteiger partial charge is 0.248 e. The van der Waals surface area contributed by atoms with E-state index in [4.69, 9.17) is 10.5 Å². The fourth-order valence-electron chi connectivity index (χ4n) is 2.42. The quantitative estimate of drug-likeness (QED) is 0.579. The van der Waals surface area contributed by atoms with Gasteiger partial charge in [0.05, 0.1) is 5.69 Å². The van der Waals surface area contributed by atoms with Gasteiger partial charge in [0.15, 0.2) is 0 Å². The Morgan fingerprint density at radius 1 is 1.21 bits per heavy atom. The van der Waals surface area contributed by atoms with E-state index in [0.29, 0.717) is 35.0 Å². The minimum atomic E-state index is -3.06. The molecule has 0 fully saturated rings. The third kappa shape index (κ3) is 3.62. The van der Waals surface area contributed by atoms with Crippen LogP contribution in [0.25, 0.3) is 0 Å². The molecule has 7 nitrogen and oxygen atoms in total. The highest BCUT2D eigenvalue weighted by Gasteiger charge is 2.22. The first kappa shape index (κ1) is 16.6. The van der Waals surface area contributed by atoms with Crippen molar-refractivity contribution in [2.45, 2.75) is 11.5 Å². The van der Waals surface area contributed by atoms with E-state index in [1.54, 1.807) is 36.4 Å². The Morgan fingerprint density at radius 3 is 2.83 bits per heavy atom. The molecule has 1 aliphatic heterocycles. The standard InChI is InChI=1S/C16H19N3O4S/c17-16(20)12-3-1-2-11(8-12)10-23-13-4-5-14-15(9-13)24(21,22)19-7-6-18-14/h1-5,8-9,18-19,21-22H,6-7,10H2,(H2,17,20). The Balaban J connectivity index is 1.78. The lowest BCUT2D eigenvalue weighted by Crippen LogP contribution is -2.22. The number of carbonyl (C=O) groups excluding carboxylic acids is 1. The molecule has 0 spiro atoms. The first-order valence-corrected chi connectivity index (χ1v) is 8.93. The van der Waals surface area contributed by atoms with Gasteiger partial charge in [-0.1, -0.05) is 12.1 Å². The van der Waals surface area contributed by atoms with Crippen molar-refractivity contribution in [2.24, 2.45) is 5.73 Å². The summed E-state index contributed by atoms with van der Waals surface area (Å²) in [7, 11) is -3.06. The Labute approximate surface area is 141 Å². The molecule has 1 amide bonds. The monoisotopic (exact) mass is 349 g/mol. The highest BCUT2D eigenvalue weighted by Crippen LogP contribution is 2.50. The van der Waals surface area contributed by atoms with E-state index in [1.165, 1.54) is 0 Å².